The number of rotatable bonds is 1. The van der Waals surface area contributed by atoms with E-state index in [0.29, 0.717) is 12.5 Å². The summed E-state index contributed by atoms with van der Waals surface area (Å²) in [5, 5.41) is 9.48. The third-order valence-electron chi connectivity index (χ3n) is 4.06. The van der Waals surface area contributed by atoms with Crippen LogP contribution in [0.1, 0.15) is 38.5 Å². The second-order valence-corrected chi connectivity index (χ2v) is 5.29. The standard InChI is InChI=1S/C13H20O3/c14-11-5-4-10(8-11)12-9-15-13(16-12)6-2-1-3-7-13/h4-5,10-12,14H,1-3,6-9H2/t10-,11?,12+/m0/s1. The molecule has 0 radical (unpaired) electrons. The van der Waals surface area contributed by atoms with Crippen molar-refractivity contribution in [2.24, 2.45) is 5.92 Å². The molecule has 2 aliphatic carbocycles. The normalized spacial score (nSPS) is 41.9. The first-order valence-corrected chi connectivity index (χ1v) is 6.46. The van der Waals surface area contributed by atoms with Gasteiger partial charge >= 0.3 is 0 Å². The van der Waals surface area contributed by atoms with Crippen molar-refractivity contribution in [3.63, 3.8) is 0 Å². The van der Waals surface area contributed by atoms with Crippen molar-refractivity contribution in [3.05, 3.63) is 12.2 Å². The van der Waals surface area contributed by atoms with E-state index in [2.05, 4.69) is 6.08 Å². The van der Waals surface area contributed by atoms with E-state index in [1.54, 1.807) is 0 Å². The Balaban J connectivity index is 1.62. The molecule has 1 heterocycles. The monoisotopic (exact) mass is 224 g/mol. The lowest BCUT2D eigenvalue weighted by molar-refractivity contribution is -0.190. The van der Waals surface area contributed by atoms with Crippen molar-refractivity contribution in [1.29, 1.82) is 0 Å². The van der Waals surface area contributed by atoms with Crippen molar-refractivity contribution in [1.82, 2.24) is 0 Å². The summed E-state index contributed by atoms with van der Waals surface area (Å²) in [6, 6.07) is 0. The topological polar surface area (TPSA) is 38.7 Å². The highest BCUT2D eigenvalue weighted by Gasteiger charge is 2.44. The van der Waals surface area contributed by atoms with Crippen LogP contribution >= 0.6 is 0 Å². The van der Waals surface area contributed by atoms with Gasteiger partial charge in [-0.25, -0.2) is 0 Å². The van der Waals surface area contributed by atoms with Crippen LogP contribution in [0.3, 0.4) is 0 Å². The predicted molar refractivity (Wildman–Crippen MR) is 59.9 cm³/mol. The Kier molecular flexibility index (Phi) is 2.78. The zero-order valence-electron chi connectivity index (χ0n) is 9.60. The van der Waals surface area contributed by atoms with E-state index < -0.39 is 0 Å². The van der Waals surface area contributed by atoms with Crippen LogP contribution in [0.15, 0.2) is 12.2 Å². The molecule has 3 rings (SSSR count). The molecular formula is C13H20O3. The maximum absolute atomic E-state index is 9.48. The fourth-order valence-electron chi connectivity index (χ4n) is 3.12. The molecule has 16 heavy (non-hydrogen) atoms. The van der Waals surface area contributed by atoms with Crippen LogP contribution < -0.4 is 0 Å². The van der Waals surface area contributed by atoms with Gasteiger partial charge in [0, 0.05) is 18.8 Å². The molecule has 90 valence electrons. The van der Waals surface area contributed by atoms with Gasteiger partial charge in [0.1, 0.15) is 0 Å². The molecule has 3 atom stereocenters. The first-order valence-electron chi connectivity index (χ1n) is 6.46. The molecule has 3 heteroatoms. The molecule has 0 aromatic rings. The highest BCUT2D eigenvalue weighted by atomic mass is 16.7. The summed E-state index contributed by atoms with van der Waals surface area (Å²) in [4.78, 5) is 0. The Morgan fingerprint density at radius 2 is 1.94 bits per heavy atom. The molecule has 3 nitrogen and oxygen atoms in total. The summed E-state index contributed by atoms with van der Waals surface area (Å²) < 4.78 is 12.0. The molecule has 1 spiro atoms. The van der Waals surface area contributed by atoms with Gasteiger partial charge in [0.2, 0.25) is 0 Å². The lowest BCUT2D eigenvalue weighted by atomic mass is 9.94. The van der Waals surface area contributed by atoms with E-state index in [0.717, 1.165) is 19.3 Å². The van der Waals surface area contributed by atoms with E-state index in [1.165, 1.54) is 19.3 Å². The highest BCUT2D eigenvalue weighted by molar-refractivity contribution is 5.06. The van der Waals surface area contributed by atoms with Crippen LogP contribution in [-0.2, 0) is 9.47 Å². The van der Waals surface area contributed by atoms with Crippen molar-refractivity contribution in [2.45, 2.75) is 56.5 Å². The van der Waals surface area contributed by atoms with Gasteiger partial charge in [-0.05, 0) is 19.3 Å². The molecule has 0 aromatic heterocycles. The van der Waals surface area contributed by atoms with Gasteiger partial charge in [-0.3, -0.25) is 0 Å². The van der Waals surface area contributed by atoms with E-state index in [-0.39, 0.29) is 18.0 Å². The molecule has 1 unspecified atom stereocenters. The number of ether oxygens (including phenoxy) is 2. The Labute approximate surface area is 96.4 Å². The van der Waals surface area contributed by atoms with Crippen LogP contribution in [0.2, 0.25) is 0 Å². The van der Waals surface area contributed by atoms with E-state index in [1.807, 2.05) is 6.08 Å². The summed E-state index contributed by atoms with van der Waals surface area (Å²) in [6.07, 6.45) is 10.5. The second-order valence-electron chi connectivity index (χ2n) is 5.29. The SMILES string of the molecule is OC1C=C[C@H]([C@H]2COC3(CCCCC3)O2)C1. The van der Waals surface area contributed by atoms with Crippen molar-refractivity contribution in [2.75, 3.05) is 6.61 Å². The quantitative estimate of drug-likeness (QED) is 0.692. The van der Waals surface area contributed by atoms with E-state index in [4.69, 9.17) is 9.47 Å². The second kappa shape index (κ2) is 4.13. The molecule has 1 aliphatic heterocycles. The molecule has 0 amide bonds. The molecule has 0 aromatic carbocycles. The third-order valence-corrected chi connectivity index (χ3v) is 4.06. The van der Waals surface area contributed by atoms with Gasteiger partial charge in [0.15, 0.2) is 5.79 Å². The molecule has 3 aliphatic rings. The first-order chi connectivity index (χ1) is 7.77. The van der Waals surface area contributed by atoms with E-state index >= 15 is 0 Å². The van der Waals surface area contributed by atoms with Gasteiger partial charge in [-0.2, -0.15) is 0 Å². The zero-order valence-corrected chi connectivity index (χ0v) is 9.60. The average Bonchev–Trinajstić information content (AvgIpc) is 2.87. The van der Waals surface area contributed by atoms with Crippen LogP contribution in [0.4, 0.5) is 0 Å². The van der Waals surface area contributed by atoms with Gasteiger partial charge in [0.05, 0.1) is 18.8 Å². The largest absolute Gasteiger partial charge is 0.389 e. The van der Waals surface area contributed by atoms with Gasteiger partial charge in [0.25, 0.3) is 0 Å². The summed E-state index contributed by atoms with van der Waals surface area (Å²) in [5.41, 5.74) is 0. The summed E-state index contributed by atoms with van der Waals surface area (Å²) >= 11 is 0. The van der Waals surface area contributed by atoms with Gasteiger partial charge in [-0.15, -0.1) is 0 Å². The highest BCUT2D eigenvalue weighted by Crippen LogP contribution is 2.41. The third kappa shape index (κ3) is 1.92. The summed E-state index contributed by atoms with van der Waals surface area (Å²) in [7, 11) is 0. The Morgan fingerprint density at radius 1 is 1.12 bits per heavy atom. The number of aliphatic hydroxyl groups excluding tert-OH is 1. The molecule has 1 saturated carbocycles. The predicted octanol–water partition coefficient (Wildman–Crippen LogP) is 2.00. The fourth-order valence-corrected chi connectivity index (χ4v) is 3.12. The van der Waals surface area contributed by atoms with Crippen LogP contribution in [0, 0.1) is 5.92 Å². The maximum atomic E-state index is 9.48. The molecular weight excluding hydrogens is 204 g/mol. The first kappa shape index (κ1) is 10.8. The van der Waals surface area contributed by atoms with Crippen molar-refractivity contribution >= 4 is 0 Å². The minimum atomic E-state index is -0.281. The van der Waals surface area contributed by atoms with Gasteiger partial charge in [-0.1, -0.05) is 18.6 Å². The maximum Gasteiger partial charge on any atom is 0.168 e. The van der Waals surface area contributed by atoms with E-state index in [9.17, 15) is 5.11 Å². The average molecular weight is 224 g/mol. The lowest BCUT2D eigenvalue weighted by Gasteiger charge is -2.32. The van der Waals surface area contributed by atoms with Gasteiger partial charge < -0.3 is 14.6 Å². The molecule has 1 N–H and O–H groups in total. The summed E-state index contributed by atoms with van der Waals surface area (Å²) in [6.45, 7) is 0.696. The van der Waals surface area contributed by atoms with Crippen LogP contribution in [0.5, 0.6) is 0 Å². The molecule has 0 bridgehead atoms. The zero-order chi connectivity index (χ0) is 11.0. The minimum Gasteiger partial charge on any atom is -0.389 e. The van der Waals surface area contributed by atoms with Crippen LogP contribution in [0.25, 0.3) is 0 Å². The number of aliphatic hydroxyl groups is 1. The minimum absolute atomic E-state index is 0.159. The Hall–Kier alpha value is -0.380. The van der Waals surface area contributed by atoms with Crippen molar-refractivity contribution in [3.8, 4) is 0 Å². The number of hydrogen-bond acceptors (Lipinski definition) is 3. The smallest absolute Gasteiger partial charge is 0.168 e. The summed E-state index contributed by atoms with van der Waals surface area (Å²) in [5.74, 6) is 0.0703. The Bertz CT molecular complexity index is 281. The number of hydrogen-bond donors (Lipinski definition) is 1. The lowest BCUT2D eigenvalue weighted by Crippen LogP contribution is -2.34. The Morgan fingerprint density at radius 3 is 2.62 bits per heavy atom. The molecule has 1 saturated heterocycles. The fraction of sp³-hybridized carbons (Fsp3) is 0.846. The van der Waals surface area contributed by atoms with Crippen molar-refractivity contribution < 1.29 is 14.6 Å². The van der Waals surface area contributed by atoms with Crippen LogP contribution in [-0.4, -0.2) is 29.7 Å². The molecule has 2 fully saturated rings.